The molecular formula is C19H22N4O3. The highest BCUT2D eigenvalue weighted by atomic mass is 16.5. The normalized spacial score (nSPS) is 10.9. The van der Waals surface area contributed by atoms with Gasteiger partial charge in [-0.25, -0.2) is 9.78 Å². The first kappa shape index (κ1) is 17.7. The summed E-state index contributed by atoms with van der Waals surface area (Å²) in [5.74, 6) is 0.207. The predicted octanol–water partition coefficient (Wildman–Crippen LogP) is 2.51. The highest BCUT2D eigenvalue weighted by Gasteiger charge is 2.22. The highest BCUT2D eigenvalue weighted by molar-refractivity contribution is 6.00. The molecule has 26 heavy (non-hydrogen) atoms. The van der Waals surface area contributed by atoms with Crippen molar-refractivity contribution in [2.45, 2.75) is 27.3 Å². The van der Waals surface area contributed by atoms with E-state index in [-0.39, 0.29) is 5.91 Å². The van der Waals surface area contributed by atoms with E-state index in [9.17, 15) is 9.59 Å². The van der Waals surface area contributed by atoms with Crippen LogP contribution in [0.3, 0.4) is 0 Å². The maximum Gasteiger partial charge on any atom is 0.339 e. The molecule has 0 aliphatic heterocycles. The van der Waals surface area contributed by atoms with Crippen molar-refractivity contribution in [2.75, 3.05) is 13.7 Å². The van der Waals surface area contributed by atoms with Crippen LogP contribution in [0.1, 0.15) is 37.9 Å². The molecule has 0 atom stereocenters. The second kappa shape index (κ2) is 7.03. The fraction of sp³-hybridized carbons (Fsp3) is 0.316. The first-order valence-electron chi connectivity index (χ1n) is 8.41. The van der Waals surface area contributed by atoms with Gasteiger partial charge in [-0.05, 0) is 38.5 Å². The minimum absolute atomic E-state index is 0.247. The Kier molecular flexibility index (Phi) is 4.79. The summed E-state index contributed by atoms with van der Waals surface area (Å²) < 4.78 is 6.85. The average molecular weight is 354 g/mol. The van der Waals surface area contributed by atoms with E-state index in [4.69, 9.17) is 4.74 Å². The van der Waals surface area contributed by atoms with Crippen molar-refractivity contribution in [2.24, 2.45) is 0 Å². The first-order chi connectivity index (χ1) is 12.4. The third-order valence-corrected chi connectivity index (χ3v) is 4.52. The van der Waals surface area contributed by atoms with E-state index in [1.807, 2.05) is 31.2 Å². The zero-order valence-corrected chi connectivity index (χ0v) is 15.3. The molecule has 7 nitrogen and oxygen atoms in total. The van der Waals surface area contributed by atoms with E-state index in [1.165, 1.54) is 7.11 Å². The van der Waals surface area contributed by atoms with Gasteiger partial charge < -0.3 is 19.6 Å². The van der Waals surface area contributed by atoms with Gasteiger partial charge in [-0.1, -0.05) is 12.1 Å². The molecule has 3 aromatic rings. The quantitative estimate of drug-likeness (QED) is 0.689. The second-order valence-corrected chi connectivity index (χ2v) is 6.17. The Bertz CT molecular complexity index is 984. The van der Waals surface area contributed by atoms with Gasteiger partial charge >= 0.3 is 5.97 Å². The van der Waals surface area contributed by atoms with Gasteiger partial charge in [0.1, 0.15) is 11.5 Å². The van der Waals surface area contributed by atoms with Crippen LogP contribution in [0.25, 0.3) is 11.0 Å². The number of aryl methyl sites for hydroxylation is 2. The minimum atomic E-state index is -0.448. The summed E-state index contributed by atoms with van der Waals surface area (Å²) in [6, 6.07) is 7.91. The lowest BCUT2D eigenvalue weighted by Gasteiger charge is -2.08. The number of hydrogen-bond donors (Lipinski definition) is 2. The molecular weight excluding hydrogens is 332 g/mol. The molecule has 2 N–H and O–H groups in total. The SMILES string of the molecule is COC(=O)c1c(C)[nH]c(C(=O)NCCn2c(C)nc3ccccc32)c1C. The topological polar surface area (TPSA) is 89.0 Å². The van der Waals surface area contributed by atoms with Gasteiger partial charge in [0.25, 0.3) is 5.91 Å². The smallest absolute Gasteiger partial charge is 0.339 e. The van der Waals surface area contributed by atoms with E-state index in [0.29, 0.717) is 35.6 Å². The van der Waals surface area contributed by atoms with Crippen LogP contribution in [-0.2, 0) is 11.3 Å². The summed E-state index contributed by atoms with van der Waals surface area (Å²) in [6.07, 6.45) is 0. The molecule has 0 saturated heterocycles. The number of nitrogens with zero attached hydrogens (tertiary/aromatic N) is 2. The average Bonchev–Trinajstić information content (AvgIpc) is 3.10. The number of hydrogen-bond acceptors (Lipinski definition) is 4. The van der Waals surface area contributed by atoms with E-state index in [0.717, 1.165) is 16.9 Å². The number of aromatic nitrogens is 3. The molecule has 0 unspecified atom stereocenters. The lowest BCUT2D eigenvalue weighted by atomic mass is 10.1. The van der Waals surface area contributed by atoms with Crippen LogP contribution >= 0.6 is 0 Å². The molecule has 0 radical (unpaired) electrons. The second-order valence-electron chi connectivity index (χ2n) is 6.17. The summed E-state index contributed by atoms with van der Waals surface area (Å²) >= 11 is 0. The summed E-state index contributed by atoms with van der Waals surface area (Å²) in [6.45, 7) is 6.49. The Morgan fingerprint density at radius 3 is 2.69 bits per heavy atom. The van der Waals surface area contributed by atoms with Crippen molar-refractivity contribution in [3.8, 4) is 0 Å². The van der Waals surface area contributed by atoms with Crippen molar-refractivity contribution in [1.82, 2.24) is 19.9 Å². The van der Waals surface area contributed by atoms with Crippen LogP contribution in [0.15, 0.2) is 24.3 Å². The number of methoxy groups -OCH3 is 1. The van der Waals surface area contributed by atoms with Gasteiger partial charge in [0.15, 0.2) is 0 Å². The molecule has 0 bridgehead atoms. The van der Waals surface area contributed by atoms with E-state index < -0.39 is 5.97 Å². The molecule has 3 rings (SSSR count). The molecule has 0 spiro atoms. The van der Waals surface area contributed by atoms with E-state index in [2.05, 4.69) is 19.9 Å². The number of aromatic amines is 1. The summed E-state index contributed by atoms with van der Waals surface area (Å²) in [7, 11) is 1.33. The molecule has 7 heteroatoms. The molecule has 0 saturated carbocycles. The number of H-pyrrole nitrogens is 1. The molecule has 136 valence electrons. The number of benzene rings is 1. The van der Waals surface area contributed by atoms with Crippen LogP contribution < -0.4 is 5.32 Å². The van der Waals surface area contributed by atoms with Crippen molar-refractivity contribution < 1.29 is 14.3 Å². The van der Waals surface area contributed by atoms with Crippen LogP contribution in [-0.4, -0.2) is 40.1 Å². The number of esters is 1. The van der Waals surface area contributed by atoms with Crippen LogP contribution in [0, 0.1) is 20.8 Å². The van der Waals surface area contributed by atoms with E-state index in [1.54, 1.807) is 13.8 Å². The number of imidazole rings is 1. The standard InChI is InChI=1S/C19H22N4O3/c1-11-16(19(25)26-4)12(2)21-17(11)18(24)20-9-10-23-13(3)22-14-7-5-6-8-15(14)23/h5-8,21H,9-10H2,1-4H3,(H,20,24). The number of carbonyl (C=O) groups excluding carboxylic acids is 2. The van der Waals surface area contributed by atoms with Crippen molar-refractivity contribution in [3.63, 3.8) is 0 Å². The summed E-state index contributed by atoms with van der Waals surface area (Å²) in [4.78, 5) is 31.8. The van der Waals surface area contributed by atoms with Crippen LogP contribution in [0.4, 0.5) is 0 Å². The van der Waals surface area contributed by atoms with Gasteiger partial charge in [0.2, 0.25) is 0 Å². The lowest BCUT2D eigenvalue weighted by Crippen LogP contribution is -2.28. The first-order valence-corrected chi connectivity index (χ1v) is 8.41. The number of rotatable bonds is 5. The van der Waals surface area contributed by atoms with Gasteiger partial charge in [-0.2, -0.15) is 0 Å². The van der Waals surface area contributed by atoms with Crippen molar-refractivity contribution in [1.29, 1.82) is 0 Å². The van der Waals surface area contributed by atoms with Crippen molar-refractivity contribution in [3.05, 3.63) is 52.6 Å². The van der Waals surface area contributed by atoms with E-state index >= 15 is 0 Å². The van der Waals surface area contributed by atoms with Crippen molar-refractivity contribution >= 4 is 22.9 Å². The number of nitrogens with one attached hydrogen (secondary N) is 2. The molecule has 1 aromatic carbocycles. The maximum atomic E-state index is 12.5. The molecule has 0 aliphatic rings. The molecule has 2 aromatic heterocycles. The van der Waals surface area contributed by atoms with Crippen LogP contribution in [0.5, 0.6) is 0 Å². The van der Waals surface area contributed by atoms with Crippen LogP contribution in [0.2, 0.25) is 0 Å². The number of carbonyl (C=O) groups is 2. The Labute approximate surface area is 151 Å². The third-order valence-electron chi connectivity index (χ3n) is 4.52. The number of para-hydroxylation sites is 2. The summed E-state index contributed by atoms with van der Waals surface area (Å²) in [5, 5.41) is 2.90. The predicted molar refractivity (Wildman–Crippen MR) is 98.4 cm³/mol. The Hall–Kier alpha value is -3.09. The minimum Gasteiger partial charge on any atom is -0.465 e. The fourth-order valence-corrected chi connectivity index (χ4v) is 3.23. The highest BCUT2D eigenvalue weighted by Crippen LogP contribution is 2.19. The zero-order valence-electron chi connectivity index (χ0n) is 15.3. The Morgan fingerprint density at radius 2 is 1.96 bits per heavy atom. The number of ether oxygens (including phenoxy) is 1. The van der Waals surface area contributed by atoms with Gasteiger partial charge in [0, 0.05) is 18.8 Å². The number of fused-ring (bicyclic) bond motifs is 1. The van der Waals surface area contributed by atoms with Gasteiger partial charge in [-0.3, -0.25) is 4.79 Å². The number of amides is 1. The molecule has 0 fully saturated rings. The molecule has 0 aliphatic carbocycles. The largest absolute Gasteiger partial charge is 0.465 e. The fourth-order valence-electron chi connectivity index (χ4n) is 3.23. The van der Waals surface area contributed by atoms with Gasteiger partial charge in [0.05, 0.1) is 23.7 Å². The Morgan fingerprint density at radius 1 is 1.23 bits per heavy atom. The summed E-state index contributed by atoms with van der Waals surface area (Å²) in [5.41, 5.74) is 3.99. The van der Waals surface area contributed by atoms with Gasteiger partial charge in [-0.15, -0.1) is 0 Å². The zero-order chi connectivity index (χ0) is 18.8. The third kappa shape index (κ3) is 3.08. The Balaban J connectivity index is 1.72. The monoisotopic (exact) mass is 354 g/mol. The molecule has 1 amide bonds. The lowest BCUT2D eigenvalue weighted by molar-refractivity contribution is 0.0599. The maximum absolute atomic E-state index is 12.5. The molecule has 2 heterocycles.